The van der Waals surface area contributed by atoms with Gasteiger partial charge in [-0.05, 0) is 26.8 Å². The van der Waals surface area contributed by atoms with Gasteiger partial charge in [0.25, 0.3) is 0 Å². The molecule has 6 heteroatoms. The minimum Gasteiger partial charge on any atom is -0.444 e. The Kier molecular flexibility index (Phi) is 3.80. The van der Waals surface area contributed by atoms with E-state index in [0.29, 0.717) is 13.1 Å². The zero-order valence-corrected chi connectivity index (χ0v) is 11.4. The molecule has 2 heterocycles. The van der Waals surface area contributed by atoms with Crippen molar-refractivity contribution in [3.63, 3.8) is 0 Å². The lowest BCUT2D eigenvalue weighted by molar-refractivity contribution is 0.0498. The zero-order valence-electron chi connectivity index (χ0n) is 11.4. The molecule has 0 radical (unpaired) electrons. The predicted octanol–water partition coefficient (Wildman–Crippen LogP) is 1.66. The molecule has 0 aromatic carbocycles. The van der Waals surface area contributed by atoms with Crippen LogP contribution in [0.15, 0.2) is 18.5 Å². The Morgan fingerprint density at radius 1 is 1.53 bits per heavy atom. The highest BCUT2D eigenvalue weighted by molar-refractivity contribution is 5.68. The molecule has 1 fully saturated rings. The van der Waals surface area contributed by atoms with Crippen molar-refractivity contribution >= 4 is 6.09 Å². The number of ether oxygens (including phenoxy) is 1. The van der Waals surface area contributed by atoms with Crippen molar-refractivity contribution in [1.82, 2.24) is 15.2 Å². The summed E-state index contributed by atoms with van der Waals surface area (Å²) in [5, 5.41) is 6.01. The number of carbonyl (C=O) groups excluding carboxylic acids is 1. The van der Waals surface area contributed by atoms with Gasteiger partial charge in [-0.15, -0.1) is 0 Å². The molecule has 5 nitrogen and oxygen atoms in total. The molecule has 1 saturated heterocycles. The number of hydrogen-bond donors (Lipinski definition) is 2. The summed E-state index contributed by atoms with van der Waals surface area (Å²) >= 11 is 0. The number of aromatic nitrogens is 1. The summed E-state index contributed by atoms with van der Waals surface area (Å²) in [6.07, 6.45) is 2.66. The van der Waals surface area contributed by atoms with Gasteiger partial charge in [0.05, 0.1) is 12.1 Å². The van der Waals surface area contributed by atoms with Crippen LogP contribution in [-0.2, 0) is 4.74 Å². The molecule has 1 aliphatic rings. The highest BCUT2D eigenvalue weighted by Gasteiger charge is 2.31. The van der Waals surface area contributed by atoms with Gasteiger partial charge < -0.3 is 19.9 Å². The second-order valence-electron chi connectivity index (χ2n) is 5.76. The average Bonchev–Trinajstić information content (AvgIpc) is 2.83. The molecule has 1 aliphatic heterocycles. The minimum atomic E-state index is -0.523. The van der Waals surface area contributed by atoms with Gasteiger partial charge in [-0.3, -0.25) is 0 Å². The van der Waals surface area contributed by atoms with Crippen LogP contribution >= 0.6 is 0 Å². The van der Waals surface area contributed by atoms with E-state index in [9.17, 15) is 9.18 Å². The van der Waals surface area contributed by atoms with Crippen molar-refractivity contribution in [3.05, 3.63) is 24.3 Å². The van der Waals surface area contributed by atoms with Crippen LogP contribution < -0.4 is 10.6 Å². The molecule has 2 rings (SSSR count). The molecule has 2 N–H and O–H groups in total. The van der Waals surface area contributed by atoms with Crippen LogP contribution in [0, 0.1) is 5.82 Å². The van der Waals surface area contributed by atoms with Gasteiger partial charge >= 0.3 is 6.09 Å². The molecule has 0 aliphatic carbocycles. The van der Waals surface area contributed by atoms with Gasteiger partial charge in [0, 0.05) is 25.5 Å². The Hall–Kier alpha value is -1.56. The fraction of sp³-hybridized carbons (Fsp3) is 0.615. The molecule has 106 valence electrons. The molecule has 0 unspecified atom stereocenters. The van der Waals surface area contributed by atoms with E-state index in [1.54, 1.807) is 10.8 Å². The Morgan fingerprint density at radius 2 is 2.26 bits per heavy atom. The summed E-state index contributed by atoms with van der Waals surface area (Å²) in [4.78, 5) is 11.8. The number of nitrogens with zero attached hydrogens (tertiary/aromatic N) is 1. The number of amides is 1. The SMILES string of the molecule is CC(C)(C)OC(=O)N[C@@H]1CNC[C@H]1n1ccc(F)c1. The molecule has 0 spiro atoms. The van der Waals surface area contributed by atoms with E-state index in [1.165, 1.54) is 12.3 Å². The first-order valence-corrected chi connectivity index (χ1v) is 6.38. The van der Waals surface area contributed by atoms with Crippen LogP contribution in [0.4, 0.5) is 9.18 Å². The topological polar surface area (TPSA) is 55.3 Å². The molecule has 1 aromatic rings. The molecule has 1 aromatic heterocycles. The highest BCUT2D eigenvalue weighted by Crippen LogP contribution is 2.18. The number of nitrogens with one attached hydrogen (secondary N) is 2. The second-order valence-corrected chi connectivity index (χ2v) is 5.76. The molecule has 19 heavy (non-hydrogen) atoms. The lowest BCUT2D eigenvalue weighted by Gasteiger charge is -2.24. The Labute approximate surface area is 112 Å². The van der Waals surface area contributed by atoms with Crippen molar-refractivity contribution in [2.45, 2.75) is 38.5 Å². The molecular formula is C13H20FN3O2. The van der Waals surface area contributed by atoms with E-state index in [-0.39, 0.29) is 17.9 Å². The summed E-state index contributed by atoms with van der Waals surface area (Å²) < 4.78 is 20.0. The third-order valence-electron chi connectivity index (χ3n) is 2.95. The first-order valence-electron chi connectivity index (χ1n) is 6.38. The first-order chi connectivity index (χ1) is 8.85. The largest absolute Gasteiger partial charge is 0.444 e. The lowest BCUT2D eigenvalue weighted by Crippen LogP contribution is -2.43. The summed E-state index contributed by atoms with van der Waals surface area (Å²) in [7, 11) is 0. The number of carbonyl (C=O) groups is 1. The third kappa shape index (κ3) is 3.70. The fourth-order valence-corrected chi connectivity index (χ4v) is 2.18. The van der Waals surface area contributed by atoms with Crippen LogP contribution in [0.3, 0.4) is 0 Å². The third-order valence-corrected chi connectivity index (χ3v) is 2.95. The molecule has 2 atom stereocenters. The Balaban J connectivity index is 1.98. The maximum atomic E-state index is 13.0. The summed E-state index contributed by atoms with van der Waals surface area (Å²) in [6, 6.07) is 1.29. The van der Waals surface area contributed by atoms with Crippen molar-refractivity contribution in [2.24, 2.45) is 0 Å². The fourth-order valence-electron chi connectivity index (χ4n) is 2.18. The monoisotopic (exact) mass is 269 g/mol. The van der Waals surface area contributed by atoms with Gasteiger partial charge in [-0.1, -0.05) is 0 Å². The summed E-state index contributed by atoms with van der Waals surface area (Å²) in [6.45, 7) is 6.78. The van der Waals surface area contributed by atoms with Crippen molar-refractivity contribution in [3.8, 4) is 0 Å². The van der Waals surface area contributed by atoms with E-state index >= 15 is 0 Å². The van der Waals surface area contributed by atoms with Crippen molar-refractivity contribution in [2.75, 3.05) is 13.1 Å². The standard InChI is InChI=1S/C13H20FN3O2/c1-13(2,3)19-12(18)16-10-6-15-7-11(10)17-5-4-9(14)8-17/h4-5,8,10-11,15H,6-7H2,1-3H3,(H,16,18)/t10-,11-/m1/s1. The molecule has 0 saturated carbocycles. The first kappa shape index (κ1) is 13.9. The summed E-state index contributed by atoms with van der Waals surface area (Å²) in [5.41, 5.74) is -0.523. The van der Waals surface area contributed by atoms with Crippen LogP contribution in [0.1, 0.15) is 26.8 Å². The van der Waals surface area contributed by atoms with E-state index < -0.39 is 11.7 Å². The maximum Gasteiger partial charge on any atom is 0.407 e. The zero-order chi connectivity index (χ0) is 14.0. The van der Waals surface area contributed by atoms with E-state index in [0.717, 1.165) is 0 Å². The van der Waals surface area contributed by atoms with Crippen LogP contribution in [0.2, 0.25) is 0 Å². The quantitative estimate of drug-likeness (QED) is 0.858. The maximum absolute atomic E-state index is 13.0. The molecular weight excluding hydrogens is 249 g/mol. The van der Waals surface area contributed by atoms with Crippen LogP contribution in [0.25, 0.3) is 0 Å². The minimum absolute atomic E-state index is 0.00276. The van der Waals surface area contributed by atoms with Gasteiger partial charge in [-0.2, -0.15) is 0 Å². The predicted molar refractivity (Wildman–Crippen MR) is 69.5 cm³/mol. The highest BCUT2D eigenvalue weighted by atomic mass is 19.1. The lowest BCUT2D eigenvalue weighted by atomic mass is 10.1. The van der Waals surface area contributed by atoms with Gasteiger partial charge in [-0.25, -0.2) is 9.18 Å². The molecule has 1 amide bonds. The van der Waals surface area contributed by atoms with Gasteiger partial charge in [0.1, 0.15) is 11.4 Å². The van der Waals surface area contributed by atoms with Crippen molar-refractivity contribution < 1.29 is 13.9 Å². The van der Waals surface area contributed by atoms with Gasteiger partial charge in [0.2, 0.25) is 0 Å². The van der Waals surface area contributed by atoms with Gasteiger partial charge in [0.15, 0.2) is 0 Å². The van der Waals surface area contributed by atoms with Crippen LogP contribution in [-0.4, -0.2) is 35.4 Å². The second kappa shape index (κ2) is 5.21. The van der Waals surface area contributed by atoms with Crippen molar-refractivity contribution in [1.29, 1.82) is 0 Å². The number of rotatable bonds is 2. The Morgan fingerprint density at radius 3 is 2.84 bits per heavy atom. The number of alkyl carbamates (subject to hydrolysis) is 1. The number of halogens is 1. The normalized spacial score (nSPS) is 23.4. The van der Waals surface area contributed by atoms with E-state index in [2.05, 4.69) is 10.6 Å². The molecule has 0 bridgehead atoms. The number of hydrogen-bond acceptors (Lipinski definition) is 3. The van der Waals surface area contributed by atoms with E-state index in [1.807, 2.05) is 20.8 Å². The summed E-state index contributed by atoms with van der Waals surface area (Å²) in [5.74, 6) is -0.275. The smallest absolute Gasteiger partial charge is 0.407 e. The van der Waals surface area contributed by atoms with Crippen LogP contribution in [0.5, 0.6) is 0 Å². The van der Waals surface area contributed by atoms with E-state index in [4.69, 9.17) is 4.74 Å². The Bertz CT molecular complexity index is 453. The average molecular weight is 269 g/mol.